The fraction of sp³-hybridized carbons (Fsp3) is 0.423. The highest BCUT2D eigenvalue weighted by Crippen LogP contribution is 2.32. The standard InChI is InChI=1S/C26H31N3O2/c1-17(2)22-15-20(18(3)14-24(22)31-4)16-27-29-25(19-10-6-5-7-11-19)28-23-13-9-8-12-21(23)26(29)30/h8-9,12-17,19H,5-7,10-11H2,1-4H3. The molecule has 0 spiro atoms. The van der Waals surface area contributed by atoms with E-state index in [-0.39, 0.29) is 11.5 Å². The Labute approximate surface area is 183 Å². The molecule has 1 fully saturated rings. The maximum Gasteiger partial charge on any atom is 0.282 e. The molecule has 0 amide bonds. The zero-order valence-electron chi connectivity index (χ0n) is 18.9. The van der Waals surface area contributed by atoms with Crippen LogP contribution >= 0.6 is 0 Å². The molecule has 1 aromatic heterocycles. The molecule has 5 heteroatoms. The predicted molar refractivity (Wildman–Crippen MR) is 127 cm³/mol. The summed E-state index contributed by atoms with van der Waals surface area (Å²) in [5.74, 6) is 2.27. The van der Waals surface area contributed by atoms with Gasteiger partial charge in [0.2, 0.25) is 0 Å². The summed E-state index contributed by atoms with van der Waals surface area (Å²) in [7, 11) is 1.70. The molecule has 0 atom stereocenters. The van der Waals surface area contributed by atoms with Crippen LogP contribution in [0.1, 0.15) is 80.3 Å². The van der Waals surface area contributed by atoms with Crippen molar-refractivity contribution in [2.24, 2.45) is 5.10 Å². The van der Waals surface area contributed by atoms with Crippen LogP contribution in [0.3, 0.4) is 0 Å². The summed E-state index contributed by atoms with van der Waals surface area (Å²) < 4.78 is 7.10. The van der Waals surface area contributed by atoms with Gasteiger partial charge in [-0.1, -0.05) is 45.2 Å². The Morgan fingerprint density at radius 2 is 1.90 bits per heavy atom. The van der Waals surface area contributed by atoms with Crippen LogP contribution in [0.2, 0.25) is 0 Å². The molecule has 2 aromatic carbocycles. The van der Waals surface area contributed by atoms with Gasteiger partial charge in [0.1, 0.15) is 11.6 Å². The summed E-state index contributed by atoms with van der Waals surface area (Å²) >= 11 is 0. The largest absolute Gasteiger partial charge is 0.496 e. The van der Waals surface area contributed by atoms with Crippen LogP contribution in [0.25, 0.3) is 10.9 Å². The number of aryl methyl sites for hydroxylation is 1. The van der Waals surface area contributed by atoms with E-state index in [9.17, 15) is 4.79 Å². The highest BCUT2D eigenvalue weighted by molar-refractivity contribution is 5.83. The van der Waals surface area contributed by atoms with E-state index < -0.39 is 0 Å². The number of rotatable bonds is 5. The summed E-state index contributed by atoms with van der Waals surface area (Å²) in [6.07, 6.45) is 7.50. The van der Waals surface area contributed by atoms with E-state index in [0.29, 0.717) is 11.3 Å². The maximum atomic E-state index is 13.4. The SMILES string of the molecule is COc1cc(C)c(C=Nn2c(C3CCCCC3)nc3ccccc3c2=O)cc1C(C)C. The number of benzene rings is 2. The predicted octanol–water partition coefficient (Wildman–Crippen LogP) is 5.77. The van der Waals surface area contributed by atoms with Crippen LogP contribution in [0.5, 0.6) is 5.75 Å². The summed E-state index contributed by atoms with van der Waals surface area (Å²) in [6, 6.07) is 11.7. The number of methoxy groups -OCH3 is 1. The van der Waals surface area contributed by atoms with Gasteiger partial charge in [0.15, 0.2) is 0 Å². The highest BCUT2D eigenvalue weighted by atomic mass is 16.5. The number of para-hydroxylation sites is 1. The third-order valence-electron chi connectivity index (χ3n) is 6.30. The van der Waals surface area contributed by atoms with Crippen molar-refractivity contribution in [3.63, 3.8) is 0 Å². The first-order valence-corrected chi connectivity index (χ1v) is 11.2. The van der Waals surface area contributed by atoms with Crippen LogP contribution in [0.15, 0.2) is 46.3 Å². The molecule has 0 unspecified atom stereocenters. The lowest BCUT2D eigenvalue weighted by molar-refractivity contribution is 0.407. The molecule has 0 bridgehead atoms. The van der Waals surface area contributed by atoms with Gasteiger partial charge in [0, 0.05) is 5.92 Å². The van der Waals surface area contributed by atoms with Gasteiger partial charge >= 0.3 is 0 Å². The van der Waals surface area contributed by atoms with Crippen molar-refractivity contribution in [2.45, 2.75) is 64.7 Å². The fourth-order valence-corrected chi connectivity index (χ4v) is 4.48. The average Bonchev–Trinajstić information content (AvgIpc) is 2.79. The summed E-state index contributed by atoms with van der Waals surface area (Å²) in [4.78, 5) is 18.3. The van der Waals surface area contributed by atoms with Crippen molar-refractivity contribution in [1.29, 1.82) is 0 Å². The van der Waals surface area contributed by atoms with Gasteiger partial charge < -0.3 is 4.74 Å². The van der Waals surface area contributed by atoms with Gasteiger partial charge in [0.05, 0.1) is 24.2 Å². The summed E-state index contributed by atoms with van der Waals surface area (Å²) in [5.41, 5.74) is 3.83. The molecule has 31 heavy (non-hydrogen) atoms. The Morgan fingerprint density at radius 1 is 1.16 bits per heavy atom. The second-order valence-corrected chi connectivity index (χ2v) is 8.79. The first kappa shape index (κ1) is 21.3. The molecule has 0 aliphatic heterocycles. The Morgan fingerprint density at radius 3 is 2.61 bits per heavy atom. The fourth-order valence-electron chi connectivity index (χ4n) is 4.48. The monoisotopic (exact) mass is 417 g/mol. The average molecular weight is 418 g/mol. The van der Waals surface area contributed by atoms with Crippen molar-refractivity contribution in [2.75, 3.05) is 7.11 Å². The molecule has 0 radical (unpaired) electrons. The first-order chi connectivity index (χ1) is 15.0. The summed E-state index contributed by atoms with van der Waals surface area (Å²) in [6.45, 7) is 6.33. The second kappa shape index (κ2) is 9.04. The molecule has 3 aromatic rings. The number of nitrogens with zero attached hydrogens (tertiary/aromatic N) is 3. The number of hydrogen-bond acceptors (Lipinski definition) is 4. The second-order valence-electron chi connectivity index (χ2n) is 8.79. The highest BCUT2D eigenvalue weighted by Gasteiger charge is 2.22. The van der Waals surface area contributed by atoms with Crippen molar-refractivity contribution in [1.82, 2.24) is 9.66 Å². The van der Waals surface area contributed by atoms with E-state index in [2.05, 4.69) is 19.9 Å². The minimum atomic E-state index is -0.0994. The molecule has 4 rings (SSSR count). The van der Waals surface area contributed by atoms with E-state index in [1.807, 2.05) is 37.3 Å². The van der Waals surface area contributed by atoms with E-state index in [1.165, 1.54) is 23.9 Å². The number of ether oxygens (including phenoxy) is 1. The van der Waals surface area contributed by atoms with E-state index in [1.54, 1.807) is 13.3 Å². The van der Waals surface area contributed by atoms with Crippen LogP contribution in [-0.4, -0.2) is 23.0 Å². The van der Waals surface area contributed by atoms with Crippen molar-refractivity contribution < 1.29 is 4.74 Å². The molecular formula is C26H31N3O2. The Balaban J connectivity index is 1.84. The molecule has 162 valence electrons. The first-order valence-electron chi connectivity index (χ1n) is 11.2. The molecule has 1 aliphatic rings. The van der Waals surface area contributed by atoms with Crippen molar-refractivity contribution >= 4 is 17.1 Å². The Hall–Kier alpha value is -2.95. The lowest BCUT2D eigenvalue weighted by Crippen LogP contribution is -2.25. The lowest BCUT2D eigenvalue weighted by Gasteiger charge is -2.22. The van der Waals surface area contributed by atoms with Gasteiger partial charge in [-0.25, -0.2) is 4.98 Å². The van der Waals surface area contributed by atoms with Crippen molar-refractivity contribution in [3.05, 3.63) is 69.3 Å². The van der Waals surface area contributed by atoms with E-state index >= 15 is 0 Å². The third kappa shape index (κ3) is 4.27. The molecule has 0 N–H and O–H groups in total. The zero-order chi connectivity index (χ0) is 22.0. The number of fused-ring (bicyclic) bond motifs is 1. The van der Waals surface area contributed by atoms with Crippen LogP contribution in [0, 0.1) is 6.92 Å². The zero-order valence-corrected chi connectivity index (χ0v) is 18.9. The summed E-state index contributed by atoms with van der Waals surface area (Å²) in [5, 5.41) is 5.30. The minimum Gasteiger partial charge on any atom is -0.496 e. The molecular weight excluding hydrogens is 386 g/mol. The van der Waals surface area contributed by atoms with Gasteiger partial charge in [-0.2, -0.15) is 9.78 Å². The third-order valence-corrected chi connectivity index (χ3v) is 6.30. The Kier molecular flexibility index (Phi) is 6.21. The van der Waals surface area contributed by atoms with Gasteiger partial charge in [-0.3, -0.25) is 4.79 Å². The molecule has 5 nitrogen and oxygen atoms in total. The van der Waals surface area contributed by atoms with Gasteiger partial charge in [-0.15, -0.1) is 0 Å². The van der Waals surface area contributed by atoms with Crippen LogP contribution in [-0.2, 0) is 0 Å². The number of hydrogen-bond donors (Lipinski definition) is 0. The van der Waals surface area contributed by atoms with Gasteiger partial charge in [-0.05, 0) is 66.6 Å². The smallest absolute Gasteiger partial charge is 0.282 e. The normalized spacial score (nSPS) is 15.3. The maximum absolute atomic E-state index is 13.4. The van der Waals surface area contributed by atoms with E-state index in [0.717, 1.165) is 46.6 Å². The topological polar surface area (TPSA) is 56.5 Å². The molecule has 1 heterocycles. The molecule has 1 saturated carbocycles. The molecule has 0 saturated heterocycles. The van der Waals surface area contributed by atoms with Crippen molar-refractivity contribution in [3.8, 4) is 5.75 Å². The Bertz CT molecular complexity index is 1170. The molecule has 1 aliphatic carbocycles. The van der Waals surface area contributed by atoms with E-state index in [4.69, 9.17) is 14.8 Å². The van der Waals surface area contributed by atoms with Crippen LogP contribution in [0.4, 0.5) is 0 Å². The van der Waals surface area contributed by atoms with Crippen LogP contribution < -0.4 is 10.3 Å². The number of aromatic nitrogens is 2. The quantitative estimate of drug-likeness (QED) is 0.495. The van der Waals surface area contributed by atoms with Gasteiger partial charge in [0.25, 0.3) is 5.56 Å². The lowest BCUT2D eigenvalue weighted by atomic mass is 9.88. The minimum absolute atomic E-state index is 0.0994.